The van der Waals surface area contributed by atoms with Gasteiger partial charge in [0.15, 0.2) is 0 Å². The van der Waals surface area contributed by atoms with Crippen molar-refractivity contribution < 1.29 is 9.59 Å². The van der Waals surface area contributed by atoms with Crippen LogP contribution in [-0.2, 0) is 11.8 Å². The summed E-state index contributed by atoms with van der Waals surface area (Å²) < 4.78 is 2.35. The van der Waals surface area contributed by atoms with Crippen molar-refractivity contribution in [2.75, 3.05) is 5.32 Å². The van der Waals surface area contributed by atoms with E-state index in [4.69, 9.17) is 0 Å². The quantitative estimate of drug-likeness (QED) is 0.687. The lowest BCUT2D eigenvalue weighted by Gasteiger charge is -2.10. The normalized spacial score (nSPS) is 10.3. The molecule has 0 saturated heterocycles. The van der Waals surface area contributed by atoms with Crippen molar-refractivity contribution in [2.45, 2.75) is 13.8 Å². The van der Waals surface area contributed by atoms with E-state index in [1.54, 1.807) is 17.7 Å². The second kappa shape index (κ2) is 5.33. The highest BCUT2D eigenvalue weighted by Gasteiger charge is 2.10. The first kappa shape index (κ1) is 14.1. The summed E-state index contributed by atoms with van der Waals surface area (Å²) in [6.45, 7) is 3.12. The molecule has 0 bridgehead atoms. The van der Waals surface area contributed by atoms with Crippen LogP contribution >= 0.6 is 11.3 Å². The molecule has 0 radical (unpaired) electrons. The van der Waals surface area contributed by atoms with Crippen LogP contribution in [0.1, 0.15) is 12.5 Å². The molecule has 0 aliphatic rings. The largest absolute Gasteiger partial charge is 0.337 e. The molecule has 0 atom stereocenters. The molecule has 7 nitrogen and oxygen atoms in total. The van der Waals surface area contributed by atoms with Gasteiger partial charge < -0.3 is 9.88 Å². The van der Waals surface area contributed by atoms with Crippen molar-refractivity contribution >= 4 is 39.2 Å². The lowest BCUT2D eigenvalue weighted by atomic mass is 10.2. The molecule has 20 heavy (non-hydrogen) atoms. The van der Waals surface area contributed by atoms with Gasteiger partial charge in [-0.1, -0.05) is 11.3 Å². The molecule has 2 aromatic rings. The van der Waals surface area contributed by atoms with E-state index in [0.717, 1.165) is 27.1 Å². The Labute approximate surface area is 118 Å². The molecule has 0 spiro atoms. The van der Waals surface area contributed by atoms with Gasteiger partial charge >= 0.3 is 10.9 Å². The number of thiazole rings is 1. The van der Waals surface area contributed by atoms with Crippen LogP contribution in [0.25, 0.3) is 10.2 Å². The number of carbonyl (C=O) groups excluding carboxylic acids is 2. The fourth-order valence-electron chi connectivity index (χ4n) is 1.71. The number of benzene rings is 1. The lowest BCUT2D eigenvalue weighted by Crippen LogP contribution is -2.42. The molecule has 0 unspecified atom stereocenters. The number of nitrogens with one attached hydrogen (secondary N) is 3. The van der Waals surface area contributed by atoms with Gasteiger partial charge in [0.05, 0.1) is 10.2 Å². The van der Waals surface area contributed by atoms with Crippen molar-refractivity contribution in [1.82, 2.24) is 15.4 Å². The maximum Gasteiger partial charge on any atom is 0.337 e. The minimum Gasteiger partial charge on any atom is -0.306 e. The number of fused-ring (bicyclic) bond motifs is 1. The summed E-state index contributed by atoms with van der Waals surface area (Å²) in [4.78, 5) is 33.8. The molecule has 0 aliphatic carbocycles. The highest BCUT2D eigenvalue weighted by atomic mass is 32.1. The van der Waals surface area contributed by atoms with Crippen molar-refractivity contribution in [3.8, 4) is 0 Å². The van der Waals surface area contributed by atoms with Crippen LogP contribution in [0.5, 0.6) is 0 Å². The fourth-order valence-corrected chi connectivity index (χ4v) is 2.61. The Morgan fingerprint density at radius 1 is 1.25 bits per heavy atom. The minimum absolute atomic E-state index is 0.0563. The minimum atomic E-state index is -0.550. The molecule has 1 heterocycles. The lowest BCUT2D eigenvalue weighted by molar-refractivity contribution is -0.119. The molecule has 1 aromatic heterocycles. The second-order valence-corrected chi connectivity index (χ2v) is 5.32. The predicted octanol–water partition coefficient (Wildman–Crippen LogP) is 1.08. The Morgan fingerprint density at radius 2 is 1.95 bits per heavy atom. The maximum absolute atomic E-state index is 11.6. The van der Waals surface area contributed by atoms with Crippen molar-refractivity contribution in [2.24, 2.45) is 7.05 Å². The molecular weight excluding hydrogens is 280 g/mol. The Morgan fingerprint density at radius 3 is 2.60 bits per heavy atom. The summed E-state index contributed by atoms with van der Waals surface area (Å²) in [5, 5.41) is 2.62. The molecular formula is C12H14N4O3S. The average Bonchev–Trinajstić information content (AvgIpc) is 2.64. The summed E-state index contributed by atoms with van der Waals surface area (Å²) in [6.07, 6.45) is 0. The highest BCUT2D eigenvalue weighted by Crippen LogP contribution is 2.25. The van der Waals surface area contributed by atoms with E-state index >= 15 is 0 Å². The monoisotopic (exact) mass is 294 g/mol. The van der Waals surface area contributed by atoms with Gasteiger partial charge in [-0.3, -0.25) is 15.0 Å². The second-order valence-electron chi connectivity index (χ2n) is 4.32. The van der Waals surface area contributed by atoms with Crippen LogP contribution in [0.3, 0.4) is 0 Å². The molecule has 0 fully saturated rings. The first-order valence-electron chi connectivity index (χ1n) is 5.82. The maximum atomic E-state index is 11.6. The van der Waals surface area contributed by atoms with Gasteiger partial charge in [0.2, 0.25) is 5.91 Å². The van der Waals surface area contributed by atoms with Gasteiger partial charge in [0.1, 0.15) is 0 Å². The van der Waals surface area contributed by atoms with Crippen LogP contribution in [0.15, 0.2) is 16.9 Å². The SMILES string of the molecule is CC(=O)NNC(=O)Nc1cc2sc(=O)n(C)c2cc1C. The van der Waals surface area contributed by atoms with Gasteiger partial charge in [-0.15, -0.1) is 0 Å². The molecule has 1 aromatic carbocycles. The molecule has 0 saturated carbocycles. The predicted molar refractivity (Wildman–Crippen MR) is 77.8 cm³/mol. The van der Waals surface area contributed by atoms with E-state index in [-0.39, 0.29) is 10.8 Å². The number of hydrogen-bond acceptors (Lipinski definition) is 4. The number of urea groups is 1. The summed E-state index contributed by atoms with van der Waals surface area (Å²) in [5.74, 6) is -0.367. The Bertz CT molecular complexity index is 747. The van der Waals surface area contributed by atoms with E-state index in [1.165, 1.54) is 6.92 Å². The summed E-state index contributed by atoms with van der Waals surface area (Å²) in [5.41, 5.74) is 6.63. The number of aryl methyl sites for hydroxylation is 2. The summed E-state index contributed by atoms with van der Waals surface area (Å²) in [6, 6.07) is 3.02. The van der Waals surface area contributed by atoms with Gasteiger partial charge in [-0.05, 0) is 24.6 Å². The van der Waals surface area contributed by atoms with Gasteiger partial charge in [-0.25, -0.2) is 10.2 Å². The number of hydrogen-bond donors (Lipinski definition) is 3. The Kier molecular flexibility index (Phi) is 3.75. The van der Waals surface area contributed by atoms with E-state index in [0.29, 0.717) is 5.69 Å². The zero-order valence-corrected chi connectivity index (χ0v) is 12.1. The van der Waals surface area contributed by atoms with Crippen LogP contribution in [-0.4, -0.2) is 16.5 Å². The van der Waals surface area contributed by atoms with Crippen molar-refractivity contribution in [3.63, 3.8) is 0 Å². The smallest absolute Gasteiger partial charge is 0.306 e. The van der Waals surface area contributed by atoms with E-state index in [2.05, 4.69) is 16.2 Å². The first-order chi connectivity index (χ1) is 9.38. The highest BCUT2D eigenvalue weighted by molar-refractivity contribution is 7.16. The van der Waals surface area contributed by atoms with Crippen molar-refractivity contribution in [1.29, 1.82) is 0 Å². The van der Waals surface area contributed by atoms with Crippen molar-refractivity contribution in [3.05, 3.63) is 27.4 Å². The zero-order chi connectivity index (χ0) is 14.9. The summed E-state index contributed by atoms with van der Waals surface area (Å²) in [7, 11) is 1.71. The zero-order valence-electron chi connectivity index (χ0n) is 11.2. The number of rotatable bonds is 1. The Balaban J connectivity index is 2.26. The average molecular weight is 294 g/mol. The molecule has 2 rings (SSSR count). The van der Waals surface area contributed by atoms with E-state index in [9.17, 15) is 14.4 Å². The number of anilines is 1. The van der Waals surface area contributed by atoms with Crippen LogP contribution < -0.4 is 21.0 Å². The summed E-state index contributed by atoms with van der Waals surface area (Å²) >= 11 is 1.11. The molecule has 106 valence electrons. The van der Waals surface area contributed by atoms with Gasteiger partial charge in [0.25, 0.3) is 0 Å². The third kappa shape index (κ3) is 2.80. The first-order valence-corrected chi connectivity index (χ1v) is 6.64. The Hall–Kier alpha value is -2.35. The molecule has 3 amide bonds. The fraction of sp³-hybridized carbons (Fsp3) is 0.250. The number of amides is 3. The van der Waals surface area contributed by atoms with Crippen LogP contribution in [0, 0.1) is 6.92 Å². The van der Waals surface area contributed by atoms with Crippen LogP contribution in [0.2, 0.25) is 0 Å². The van der Waals surface area contributed by atoms with Crippen LogP contribution in [0.4, 0.5) is 10.5 Å². The molecule has 3 N–H and O–H groups in total. The standard InChI is InChI=1S/C12H14N4O3S/c1-6-4-9-10(20-12(19)16(9)3)5-8(6)13-11(18)15-14-7(2)17/h4-5H,1-3H3,(H,14,17)(H2,13,15,18). The third-order valence-corrected chi connectivity index (χ3v) is 3.73. The van der Waals surface area contributed by atoms with E-state index < -0.39 is 6.03 Å². The third-order valence-electron chi connectivity index (χ3n) is 2.74. The number of hydrazine groups is 1. The number of aromatic nitrogens is 1. The topological polar surface area (TPSA) is 92.2 Å². The number of carbonyl (C=O) groups is 2. The van der Waals surface area contributed by atoms with Gasteiger partial charge in [0, 0.05) is 19.7 Å². The van der Waals surface area contributed by atoms with E-state index in [1.807, 2.05) is 13.0 Å². The number of nitrogens with zero attached hydrogens (tertiary/aromatic N) is 1. The van der Waals surface area contributed by atoms with Gasteiger partial charge in [-0.2, -0.15) is 0 Å². The molecule has 8 heteroatoms. The molecule has 0 aliphatic heterocycles.